The number of hydrogen-bond donors (Lipinski definition) is 1. The molecule has 7 heteroatoms. The number of nitrogens with zero attached hydrogens (tertiary/aromatic N) is 3. The molecule has 0 radical (unpaired) electrons. The SMILES string of the molecule is COc1cnc2[nH]cc(Cc3ccc(CCc4ccc(OC)nc4)nc3Cl)c2c1. The molecular formula is C22H21ClN4O2. The Balaban J connectivity index is 1.47. The molecule has 0 unspecified atom stereocenters. The van der Waals surface area contributed by atoms with Crippen molar-refractivity contribution >= 4 is 22.6 Å². The van der Waals surface area contributed by atoms with Crippen molar-refractivity contribution in [3.05, 3.63) is 76.5 Å². The van der Waals surface area contributed by atoms with E-state index in [-0.39, 0.29) is 0 Å². The smallest absolute Gasteiger partial charge is 0.212 e. The summed E-state index contributed by atoms with van der Waals surface area (Å²) in [7, 11) is 3.25. The van der Waals surface area contributed by atoms with Crippen LogP contribution in [0.2, 0.25) is 5.15 Å². The number of aromatic nitrogens is 4. The number of pyridine rings is 3. The largest absolute Gasteiger partial charge is 0.495 e. The van der Waals surface area contributed by atoms with Gasteiger partial charge >= 0.3 is 0 Å². The fourth-order valence-electron chi connectivity index (χ4n) is 3.23. The molecule has 0 saturated carbocycles. The molecule has 0 spiro atoms. The summed E-state index contributed by atoms with van der Waals surface area (Å²) in [6.07, 6.45) is 7.79. The first-order valence-corrected chi connectivity index (χ1v) is 9.67. The molecular weight excluding hydrogens is 388 g/mol. The molecule has 1 N–H and O–H groups in total. The van der Waals surface area contributed by atoms with E-state index in [0.29, 0.717) is 17.5 Å². The number of aromatic amines is 1. The van der Waals surface area contributed by atoms with Crippen molar-refractivity contribution in [2.45, 2.75) is 19.3 Å². The molecule has 0 aliphatic heterocycles. The van der Waals surface area contributed by atoms with Gasteiger partial charge in [0.15, 0.2) is 0 Å². The van der Waals surface area contributed by atoms with E-state index in [0.717, 1.165) is 52.0 Å². The Morgan fingerprint density at radius 3 is 2.59 bits per heavy atom. The van der Waals surface area contributed by atoms with Crippen LogP contribution in [0.5, 0.6) is 11.6 Å². The van der Waals surface area contributed by atoms with Crippen LogP contribution < -0.4 is 9.47 Å². The van der Waals surface area contributed by atoms with Crippen LogP contribution in [0.15, 0.2) is 48.9 Å². The minimum absolute atomic E-state index is 0.528. The first-order chi connectivity index (χ1) is 14.2. The van der Waals surface area contributed by atoms with Crippen molar-refractivity contribution in [3.8, 4) is 11.6 Å². The average Bonchev–Trinajstić information content (AvgIpc) is 3.16. The summed E-state index contributed by atoms with van der Waals surface area (Å²) in [6, 6.07) is 9.94. The lowest BCUT2D eigenvalue weighted by molar-refractivity contribution is 0.397. The number of fused-ring (bicyclic) bond motifs is 1. The van der Waals surface area contributed by atoms with Crippen LogP contribution in [0.4, 0.5) is 0 Å². The van der Waals surface area contributed by atoms with E-state index in [9.17, 15) is 0 Å². The maximum atomic E-state index is 6.49. The molecule has 0 aromatic carbocycles. The van der Waals surface area contributed by atoms with Gasteiger partial charge < -0.3 is 14.5 Å². The molecule has 4 heterocycles. The number of ether oxygens (including phenoxy) is 2. The summed E-state index contributed by atoms with van der Waals surface area (Å²) in [6.45, 7) is 0. The van der Waals surface area contributed by atoms with Gasteiger partial charge in [-0.1, -0.05) is 23.7 Å². The third kappa shape index (κ3) is 4.32. The van der Waals surface area contributed by atoms with Gasteiger partial charge in [0.05, 0.1) is 20.4 Å². The van der Waals surface area contributed by atoms with Crippen LogP contribution >= 0.6 is 11.6 Å². The van der Waals surface area contributed by atoms with Gasteiger partial charge in [0.25, 0.3) is 0 Å². The number of nitrogens with one attached hydrogen (secondary N) is 1. The molecule has 0 saturated heterocycles. The highest BCUT2D eigenvalue weighted by molar-refractivity contribution is 6.30. The van der Waals surface area contributed by atoms with Crippen molar-refractivity contribution in [2.75, 3.05) is 14.2 Å². The lowest BCUT2D eigenvalue weighted by Gasteiger charge is -2.07. The van der Waals surface area contributed by atoms with Crippen molar-refractivity contribution in [1.82, 2.24) is 19.9 Å². The van der Waals surface area contributed by atoms with Crippen molar-refractivity contribution in [1.29, 1.82) is 0 Å². The van der Waals surface area contributed by atoms with E-state index in [1.165, 1.54) is 0 Å². The highest BCUT2D eigenvalue weighted by Gasteiger charge is 2.11. The zero-order valence-corrected chi connectivity index (χ0v) is 17.0. The standard InChI is InChI=1S/C22H21ClN4O2/c1-28-18-10-19-16(12-25-22(19)26-13-18)9-15-5-7-17(27-21(15)23)6-3-14-4-8-20(29-2)24-11-14/h4-5,7-8,10-13H,3,6,9H2,1-2H3,(H,25,26). The van der Waals surface area contributed by atoms with Crippen LogP contribution in [0.25, 0.3) is 11.0 Å². The van der Waals surface area contributed by atoms with E-state index in [1.807, 2.05) is 42.7 Å². The second-order valence-corrected chi connectivity index (χ2v) is 7.08. The van der Waals surface area contributed by atoms with Gasteiger partial charge in [-0.2, -0.15) is 0 Å². The van der Waals surface area contributed by atoms with Crippen molar-refractivity contribution in [3.63, 3.8) is 0 Å². The Labute approximate surface area is 173 Å². The Kier molecular flexibility index (Phi) is 5.62. The number of H-pyrrole nitrogens is 1. The van der Waals surface area contributed by atoms with Gasteiger partial charge in [-0.25, -0.2) is 15.0 Å². The number of methoxy groups -OCH3 is 2. The molecule has 4 aromatic rings. The van der Waals surface area contributed by atoms with Gasteiger partial charge in [0, 0.05) is 36.0 Å². The highest BCUT2D eigenvalue weighted by Crippen LogP contribution is 2.26. The van der Waals surface area contributed by atoms with Crippen molar-refractivity contribution < 1.29 is 9.47 Å². The first-order valence-electron chi connectivity index (χ1n) is 9.29. The second-order valence-electron chi connectivity index (χ2n) is 6.72. The van der Waals surface area contributed by atoms with E-state index >= 15 is 0 Å². The average molecular weight is 409 g/mol. The molecule has 29 heavy (non-hydrogen) atoms. The number of rotatable bonds is 7. The molecule has 0 amide bonds. The van der Waals surface area contributed by atoms with E-state index in [4.69, 9.17) is 21.1 Å². The number of aryl methyl sites for hydroxylation is 2. The van der Waals surface area contributed by atoms with Gasteiger partial charge in [-0.15, -0.1) is 0 Å². The third-order valence-electron chi connectivity index (χ3n) is 4.87. The van der Waals surface area contributed by atoms with Gasteiger partial charge in [0.1, 0.15) is 16.5 Å². The maximum absolute atomic E-state index is 6.49. The topological polar surface area (TPSA) is 72.9 Å². The van der Waals surface area contributed by atoms with Gasteiger partial charge in [0.2, 0.25) is 5.88 Å². The van der Waals surface area contributed by atoms with E-state index < -0.39 is 0 Å². The van der Waals surface area contributed by atoms with Gasteiger partial charge in [-0.3, -0.25) is 0 Å². The number of hydrogen-bond acceptors (Lipinski definition) is 5. The monoisotopic (exact) mass is 408 g/mol. The molecule has 0 aliphatic carbocycles. The zero-order valence-electron chi connectivity index (χ0n) is 16.3. The predicted octanol–water partition coefficient (Wildman–Crippen LogP) is 4.40. The normalized spacial score (nSPS) is 11.0. The Morgan fingerprint density at radius 1 is 0.966 bits per heavy atom. The highest BCUT2D eigenvalue weighted by atomic mass is 35.5. The Hall–Kier alpha value is -3.12. The summed E-state index contributed by atoms with van der Waals surface area (Å²) in [5.74, 6) is 1.34. The molecule has 6 nitrogen and oxygen atoms in total. The zero-order chi connectivity index (χ0) is 20.2. The van der Waals surface area contributed by atoms with Crippen LogP contribution in [0, 0.1) is 0 Å². The minimum Gasteiger partial charge on any atom is -0.495 e. The van der Waals surface area contributed by atoms with Crippen molar-refractivity contribution in [2.24, 2.45) is 0 Å². The van der Waals surface area contributed by atoms with E-state index in [2.05, 4.69) is 19.9 Å². The fourth-order valence-corrected chi connectivity index (χ4v) is 3.46. The quantitative estimate of drug-likeness (QED) is 0.459. The lowest BCUT2D eigenvalue weighted by atomic mass is 10.1. The van der Waals surface area contributed by atoms with Crippen LogP contribution in [-0.2, 0) is 19.3 Å². The fraction of sp³-hybridized carbons (Fsp3) is 0.227. The molecule has 0 atom stereocenters. The third-order valence-corrected chi connectivity index (χ3v) is 5.20. The first kappa shape index (κ1) is 19.2. The lowest BCUT2D eigenvalue weighted by Crippen LogP contribution is -1.99. The minimum atomic E-state index is 0.528. The Morgan fingerprint density at radius 2 is 1.86 bits per heavy atom. The molecule has 4 aromatic heterocycles. The molecule has 0 aliphatic rings. The molecule has 0 bridgehead atoms. The molecule has 4 rings (SSSR count). The summed E-state index contributed by atoms with van der Waals surface area (Å²) in [4.78, 5) is 16.4. The summed E-state index contributed by atoms with van der Waals surface area (Å²) in [5, 5.41) is 1.55. The van der Waals surface area contributed by atoms with Crippen LogP contribution in [-0.4, -0.2) is 34.2 Å². The molecule has 0 fully saturated rings. The van der Waals surface area contributed by atoms with Crippen LogP contribution in [0.3, 0.4) is 0 Å². The summed E-state index contributed by atoms with van der Waals surface area (Å²) < 4.78 is 10.4. The predicted molar refractivity (Wildman–Crippen MR) is 113 cm³/mol. The summed E-state index contributed by atoms with van der Waals surface area (Å²) >= 11 is 6.49. The Bertz CT molecular complexity index is 1130. The molecule has 148 valence electrons. The number of halogens is 1. The maximum Gasteiger partial charge on any atom is 0.212 e. The summed E-state index contributed by atoms with van der Waals surface area (Å²) in [5.41, 5.74) is 5.00. The second kappa shape index (κ2) is 8.49. The van der Waals surface area contributed by atoms with Gasteiger partial charge in [-0.05, 0) is 41.7 Å². The van der Waals surface area contributed by atoms with Crippen LogP contribution in [0.1, 0.15) is 22.4 Å². The van der Waals surface area contributed by atoms with E-state index in [1.54, 1.807) is 20.4 Å².